The van der Waals surface area contributed by atoms with Gasteiger partial charge >= 0.3 is 0 Å². The summed E-state index contributed by atoms with van der Waals surface area (Å²) in [5.41, 5.74) is 1.77. The Morgan fingerprint density at radius 2 is 2.15 bits per heavy atom. The van der Waals surface area contributed by atoms with Crippen molar-refractivity contribution in [2.75, 3.05) is 20.8 Å². The Bertz CT molecular complexity index is 573. The minimum atomic E-state index is -0.155. The van der Waals surface area contributed by atoms with Crippen LogP contribution in [0.2, 0.25) is 10.0 Å². The second-order valence-corrected chi connectivity index (χ2v) is 5.03. The quantitative estimate of drug-likeness (QED) is 0.890. The van der Waals surface area contributed by atoms with Crippen LogP contribution in [0.4, 0.5) is 0 Å². The van der Waals surface area contributed by atoms with Crippen LogP contribution in [-0.2, 0) is 11.3 Å². The number of hydrogen-bond donors (Lipinski definition) is 1. The van der Waals surface area contributed by atoms with Crippen LogP contribution < -0.4 is 5.32 Å². The average molecular weight is 315 g/mol. The Labute approximate surface area is 127 Å². The maximum atomic E-state index is 6.28. The predicted octanol–water partition coefficient (Wildman–Crippen LogP) is 2.54. The molecule has 7 heteroatoms. The second kappa shape index (κ2) is 7.04. The Kier molecular flexibility index (Phi) is 5.37. The van der Waals surface area contributed by atoms with Gasteiger partial charge in [-0.15, -0.1) is 0 Å². The van der Waals surface area contributed by atoms with E-state index in [2.05, 4.69) is 15.4 Å². The molecular formula is C13H16Cl2N4O. The van der Waals surface area contributed by atoms with Crippen LogP contribution in [0.25, 0.3) is 0 Å². The van der Waals surface area contributed by atoms with E-state index in [0.29, 0.717) is 23.2 Å². The first-order valence-corrected chi connectivity index (χ1v) is 6.91. The number of pyridine rings is 1. The smallest absolute Gasteiger partial charge is 0.0837 e. The fourth-order valence-corrected chi connectivity index (χ4v) is 2.55. The average Bonchev–Trinajstić information content (AvgIpc) is 2.81. The van der Waals surface area contributed by atoms with Crippen LogP contribution in [-0.4, -0.2) is 35.5 Å². The van der Waals surface area contributed by atoms with Crippen molar-refractivity contribution in [1.82, 2.24) is 20.1 Å². The minimum Gasteiger partial charge on any atom is -0.383 e. The molecule has 0 aromatic carbocycles. The van der Waals surface area contributed by atoms with Crippen molar-refractivity contribution in [2.45, 2.75) is 12.6 Å². The molecule has 1 N–H and O–H groups in total. The van der Waals surface area contributed by atoms with E-state index < -0.39 is 0 Å². The fourth-order valence-electron chi connectivity index (χ4n) is 2.07. The van der Waals surface area contributed by atoms with Gasteiger partial charge in [-0.25, -0.2) is 0 Å². The highest BCUT2D eigenvalue weighted by Gasteiger charge is 2.22. The van der Waals surface area contributed by atoms with Crippen LogP contribution in [0.15, 0.2) is 24.7 Å². The van der Waals surface area contributed by atoms with E-state index in [-0.39, 0.29) is 6.04 Å². The number of ether oxygens (including phenoxy) is 1. The third kappa shape index (κ3) is 3.12. The Balaban J connectivity index is 2.42. The first kappa shape index (κ1) is 15.3. The summed E-state index contributed by atoms with van der Waals surface area (Å²) < 4.78 is 6.92. The molecule has 0 aliphatic rings. The molecule has 0 fully saturated rings. The van der Waals surface area contributed by atoms with Crippen LogP contribution in [0.1, 0.15) is 17.3 Å². The number of nitrogens with zero attached hydrogens (tertiary/aromatic N) is 3. The summed E-state index contributed by atoms with van der Waals surface area (Å²) in [6.07, 6.45) is 4.95. The van der Waals surface area contributed by atoms with E-state index in [1.165, 1.54) is 0 Å². The van der Waals surface area contributed by atoms with E-state index in [1.54, 1.807) is 25.7 Å². The van der Waals surface area contributed by atoms with E-state index in [0.717, 1.165) is 11.3 Å². The summed E-state index contributed by atoms with van der Waals surface area (Å²) in [5, 5.41) is 8.68. The standard InChI is InChI=1S/C13H16Cl2N4O/c1-16-12(9-3-4-17-7-10(9)14)13-11(15)8-18-19(13)5-6-20-2/h3-4,7-8,12,16H,5-6H2,1-2H3. The summed E-state index contributed by atoms with van der Waals surface area (Å²) in [4.78, 5) is 4.00. The number of hydrogen-bond acceptors (Lipinski definition) is 4. The lowest BCUT2D eigenvalue weighted by atomic mass is 10.1. The van der Waals surface area contributed by atoms with Crippen molar-refractivity contribution in [3.05, 3.63) is 46.0 Å². The molecule has 108 valence electrons. The molecule has 2 heterocycles. The maximum Gasteiger partial charge on any atom is 0.0837 e. The zero-order valence-corrected chi connectivity index (χ0v) is 12.8. The van der Waals surface area contributed by atoms with Crippen molar-refractivity contribution in [2.24, 2.45) is 0 Å². The van der Waals surface area contributed by atoms with E-state index >= 15 is 0 Å². The van der Waals surface area contributed by atoms with Crippen molar-refractivity contribution in [1.29, 1.82) is 0 Å². The summed E-state index contributed by atoms with van der Waals surface area (Å²) in [6.45, 7) is 1.19. The third-order valence-corrected chi connectivity index (χ3v) is 3.62. The highest BCUT2D eigenvalue weighted by atomic mass is 35.5. The first-order valence-electron chi connectivity index (χ1n) is 6.15. The van der Waals surface area contributed by atoms with Gasteiger partial charge in [0.25, 0.3) is 0 Å². The van der Waals surface area contributed by atoms with Gasteiger partial charge in [0.15, 0.2) is 0 Å². The van der Waals surface area contributed by atoms with Gasteiger partial charge in [0, 0.05) is 19.5 Å². The van der Waals surface area contributed by atoms with Crippen LogP contribution >= 0.6 is 23.2 Å². The van der Waals surface area contributed by atoms with Crippen molar-refractivity contribution < 1.29 is 4.74 Å². The molecule has 0 amide bonds. The molecule has 0 radical (unpaired) electrons. The first-order chi connectivity index (χ1) is 9.69. The molecule has 5 nitrogen and oxygen atoms in total. The number of aromatic nitrogens is 3. The van der Waals surface area contributed by atoms with E-state index in [1.807, 2.05) is 17.8 Å². The largest absolute Gasteiger partial charge is 0.383 e. The number of rotatable bonds is 6. The molecule has 0 spiro atoms. The number of nitrogens with one attached hydrogen (secondary N) is 1. The molecule has 0 saturated heterocycles. The minimum absolute atomic E-state index is 0.155. The second-order valence-electron chi connectivity index (χ2n) is 4.21. The van der Waals surface area contributed by atoms with Crippen molar-refractivity contribution in [3.8, 4) is 0 Å². The lowest BCUT2D eigenvalue weighted by Gasteiger charge is -2.20. The summed E-state index contributed by atoms with van der Waals surface area (Å²) in [7, 11) is 3.51. The maximum absolute atomic E-state index is 6.28. The van der Waals surface area contributed by atoms with Gasteiger partial charge in [0.2, 0.25) is 0 Å². The molecule has 1 unspecified atom stereocenters. The molecule has 0 saturated carbocycles. The molecule has 0 bridgehead atoms. The summed E-state index contributed by atoms with van der Waals surface area (Å²) >= 11 is 12.5. The van der Waals surface area contributed by atoms with Gasteiger partial charge in [0.05, 0.1) is 41.1 Å². The number of methoxy groups -OCH3 is 1. The fraction of sp³-hybridized carbons (Fsp3) is 0.385. The lowest BCUT2D eigenvalue weighted by molar-refractivity contribution is 0.182. The van der Waals surface area contributed by atoms with Gasteiger partial charge in [-0.2, -0.15) is 5.10 Å². The predicted molar refractivity (Wildman–Crippen MR) is 79.3 cm³/mol. The summed E-state index contributed by atoms with van der Waals surface area (Å²) in [6, 6.07) is 1.71. The number of halogens is 2. The molecule has 2 rings (SSSR count). The van der Waals surface area contributed by atoms with Crippen molar-refractivity contribution in [3.63, 3.8) is 0 Å². The SMILES string of the molecule is CNC(c1ccncc1Cl)c1c(Cl)cnn1CCOC. The lowest BCUT2D eigenvalue weighted by Crippen LogP contribution is -2.23. The Hall–Kier alpha value is -1.14. The van der Waals surface area contributed by atoms with Crippen LogP contribution in [0.3, 0.4) is 0 Å². The van der Waals surface area contributed by atoms with E-state index in [9.17, 15) is 0 Å². The normalized spacial score (nSPS) is 12.6. The Morgan fingerprint density at radius 1 is 1.35 bits per heavy atom. The molecule has 0 aliphatic carbocycles. The molecule has 2 aromatic rings. The topological polar surface area (TPSA) is 52.0 Å². The summed E-state index contributed by atoms with van der Waals surface area (Å²) in [5.74, 6) is 0. The van der Waals surface area contributed by atoms with Gasteiger partial charge < -0.3 is 10.1 Å². The van der Waals surface area contributed by atoms with E-state index in [4.69, 9.17) is 27.9 Å². The van der Waals surface area contributed by atoms with Crippen LogP contribution in [0, 0.1) is 0 Å². The Morgan fingerprint density at radius 3 is 2.80 bits per heavy atom. The monoisotopic (exact) mass is 314 g/mol. The van der Waals surface area contributed by atoms with Gasteiger partial charge in [-0.3, -0.25) is 9.67 Å². The van der Waals surface area contributed by atoms with Crippen LogP contribution in [0.5, 0.6) is 0 Å². The van der Waals surface area contributed by atoms with Gasteiger partial charge in [-0.05, 0) is 18.7 Å². The highest BCUT2D eigenvalue weighted by Crippen LogP contribution is 2.31. The molecular weight excluding hydrogens is 299 g/mol. The molecule has 1 atom stereocenters. The molecule has 20 heavy (non-hydrogen) atoms. The third-order valence-electron chi connectivity index (χ3n) is 3.02. The zero-order valence-electron chi connectivity index (χ0n) is 11.3. The molecule has 2 aromatic heterocycles. The zero-order chi connectivity index (χ0) is 14.5. The van der Waals surface area contributed by atoms with Gasteiger partial charge in [-0.1, -0.05) is 23.2 Å². The highest BCUT2D eigenvalue weighted by molar-refractivity contribution is 6.32. The molecule has 0 aliphatic heterocycles. The van der Waals surface area contributed by atoms with Gasteiger partial charge in [0.1, 0.15) is 0 Å². The van der Waals surface area contributed by atoms with Crippen molar-refractivity contribution >= 4 is 23.2 Å².